The van der Waals surface area contributed by atoms with Crippen LogP contribution in [-0.2, 0) is 4.79 Å². The topological polar surface area (TPSA) is 85.5 Å². The molecule has 2 unspecified atom stereocenters. The van der Waals surface area contributed by atoms with Crippen LogP contribution in [0.15, 0.2) is 28.8 Å². The summed E-state index contributed by atoms with van der Waals surface area (Å²) in [4.78, 5) is 15.6. The molecule has 110 valence electrons. The van der Waals surface area contributed by atoms with Gasteiger partial charge in [-0.1, -0.05) is 23.7 Å². The van der Waals surface area contributed by atoms with Gasteiger partial charge in [0.2, 0.25) is 11.7 Å². The van der Waals surface area contributed by atoms with Gasteiger partial charge in [0.05, 0.1) is 24.5 Å². The molecular weight excluding hydrogens is 272 g/mol. The standard InChI is InChI=1S/C15H16N2O4/c1-20-12-8-3-2-5-11(12)13-16-14(21-17-13)9-6-4-7-10(9)15(18)19/h2-3,5,8-10H,4,6-7H2,1H3,(H,18,19). The zero-order chi connectivity index (χ0) is 14.8. The Labute approximate surface area is 121 Å². The number of hydrogen-bond acceptors (Lipinski definition) is 5. The van der Waals surface area contributed by atoms with E-state index >= 15 is 0 Å². The van der Waals surface area contributed by atoms with E-state index in [4.69, 9.17) is 9.26 Å². The maximum absolute atomic E-state index is 11.3. The average Bonchev–Trinajstić information content (AvgIpc) is 3.15. The summed E-state index contributed by atoms with van der Waals surface area (Å²) in [6, 6.07) is 7.39. The minimum atomic E-state index is -0.797. The Morgan fingerprint density at radius 1 is 1.38 bits per heavy atom. The normalized spacial score (nSPS) is 21.4. The predicted molar refractivity (Wildman–Crippen MR) is 74.0 cm³/mol. The van der Waals surface area contributed by atoms with E-state index in [0.29, 0.717) is 23.9 Å². The molecular formula is C15H16N2O4. The molecule has 6 nitrogen and oxygen atoms in total. The van der Waals surface area contributed by atoms with E-state index in [-0.39, 0.29) is 5.92 Å². The Bertz CT molecular complexity index is 653. The number of methoxy groups -OCH3 is 1. The number of hydrogen-bond donors (Lipinski definition) is 1. The van der Waals surface area contributed by atoms with Crippen molar-refractivity contribution in [3.05, 3.63) is 30.2 Å². The third-order valence-corrected chi connectivity index (χ3v) is 3.94. The van der Waals surface area contributed by atoms with E-state index in [9.17, 15) is 9.90 Å². The van der Waals surface area contributed by atoms with Gasteiger partial charge >= 0.3 is 5.97 Å². The molecule has 1 aromatic carbocycles. The largest absolute Gasteiger partial charge is 0.496 e. The van der Waals surface area contributed by atoms with Crippen molar-refractivity contribution >= 4 is 5.97 Å². The Balaban J connectivity index is 1.91. The Morgan fingerprint density at radius 3 is 2.95 bits per heavy atom. The van der Waals surface area contributed by atoms with Gasteiger partial charge in [0.15, 0.2) is 0 Å². The lowest BCUT2D eigenvalue weighted by atomic mass is 9.96. The van der Waals surface area contributed by atoms with E-state index in [1.54, 1.807) is 7.11 Å². The number of carboxylic acids is 1. The first-order valence-corrected chi connectivity index (χ1v) is 6.90. The second-order valence-corrected chi connectivity index (χ2v) is 5.14. The molecule has 6 heteroatoms. The maximum Gasteiger partial charge on any atom is 0.307 e. The van der Waals surface area contributed by atoms with Gasteiger partial charge < -0.3 is 14.4 Å². The second kappa shape index (κ2) is 5.55. The monoisotopic (exact) mass is 288 g/mol. The highest BCUT2D eigenvalue weighted by molar-refractivity contribution is 5.71. The summed E-state index contributed by atoms with van der Waals surface area (Å²) in [7, 11) is 1.58. The molecule has 0 aliphatic heterocycles. The molecule has 1 saturated carbocycles. The first kappa shape index (κ1) is 13.6. The fourth-order valence-electron chi connectivity index (χ4n) is 2.88. The van der Waals surface area contributed by atoms with E-state index < -0.39 is 11.9 Å². The average molecular weight is 288 g/mol. The number of aromatic nitrogens is 2. The van der Waals surface area contributed by atoms with Crippen LogP contribution in [0.2, 0.25) is 0 Å². The van der Waals surface area contributed by atoms with Crippen molar-refractivity contribution in [2.24, 2.45) is 5.92 Å². The molecule has 0 bridgehead atoms. The summed E-state index contributed by atoms with van der Waals surface area (Å²) in [6.07, 6.45) is 2.30. The summed E-state index contributed by atoms with van der Waals surface area (Å²) >= 11 is 0. The molecule has 1 aliphatic carbocycles. The summed E-state index contributed by atoms with van der Waals surface area (Å²) in [5, 5.41) is 13.2. The van der Waals surface area contributed by atoms with Crippen LogP contribution >= 0.6 is 0 Å². The molecule has 1 aliphatic rings. The molecule has 1 aromatic heterocycles. The molecule has 2 aromatic rings. The highest BCUT2D eigenvalue weighted by Crippen LogP contribution is 2.40. The van der Waals surface area contributed by atoms with Gasteiger partial charge in [-0.25, -0.2) is 0 Å². The molecule has 0 radical (unpaired) electrons. The summed E-state index contributed by atoms with van der Waals surface area (Å²) in [5.74, 6) is 0.0642. The maximum atomic E-state index is 11.3. The molecule has 1 heterocycles. The van der Waals surface area contributed by atoms with Gasteiger partial charge in [-0.05, 0) is 25.0 Å². The molecule has 0 amide bonds. The number of benzene rings is 1. The lowest BCUT2D eigenvalue weighted by Crippen LogP contribution is -2.17. The highest BCUT2D eigenvalue weighted by atomic mass is 16.5. The Hall–Kier alpha value is -2.37. The molecule has 1 N–H and O–H groups in total. The quantitative estimate of drug-likeness (QED) is 0.931. The van der Waals surface area contributed by atoms with Crippen molar-refractivity contribution in [2.75, 3.05) is 7.11 Å². The van der Waals surface area contributed by atoms with Gasteiger partial charge in [0.25, 0.3) is 0 Å². The number of para-hydroxylation sites is 1. The molecule has 3 rings (SSSR count). The van der Waals surface area contributed by atoms with E-state index in [2.05, 4.69) is 10.1 Å². The highest BCUT2D eigenvalue weighted by Gasteiger charge is 2.37. The zero-order valence-electron chi connectivity index (χ0n) is 11.7. The van der Waals surface area contributed by atoms with Crippen LogP contribution in [0.4, 0.5) is 0 Å². The molecule has 21 heavy (non-hydrogen) atoms. The summed E-state index contributed by atoms with van der Waals surface area (Å²) < 4.78 is 10.6. The third kappa shape index (κ3) is 2.49. The van der Waals surface area contributed by atoms with E-state index in [1.165, 1.54) is 0 Å². The van der Waals surface area contributed by atoms with Crippen molar-refractivity contribution < 1.29 is 19.2 Å². The molecule has 1 fully saturated rings. The van der Waals surface area contributed by atoms with E-state index in [0.717, 1.165) is 18.4 Å². The molecule has 2 atom stereocenters. The number of rotatable bonds is 4. The molecule has 0 spiro atoms. The predicted octanol–water partition coefficient (Wildman–Crippen LogP) is 2.71. The number of nitrogens with zero attached hydrogens (tertiary/aromatic N) is 2. The zero-order valence-corrected chi connectivity index (χ0v) is 11.7. The number of ether oxygens (including phenoxy) is 1. The number of carboxylic acid groups (broad SMARTS) is 1. The van der Waals surface area contributed by atoms with Crippen LogP contribution in [0.5, 0.6) is 5.75 Å². The van der Waals surface area contributed by atoms with Crippen molar-refractivity contribution in [3.8, 4) is 17.1 Å². The van der Waals surface area contributed by atoms with Gasteiger partial charge in [-0.3, -0.25) is 4.79 Å². The lowest BCUT2D eigenvalue weighted by molar-refractivity contribution is -0.142. The number of aliphatic carboxylic acids is 1. The molecule has 0 saturated heterocycles. The van der Waals surface area contributed by atoms with Crippen LogP contribution in [-0.4, -0.2) is 28.3 Å². The number of carbonyl (C=O) groups is 1. The fourth-order valence-corrected chi connectivity index (χ4v) is 2.88. The smallest absolute Gasteiger partial charge is 0.307 e. The van der Waals surface area contributed by atoms with E-state index in [1.807, 2.05) is 24.3 Å². The van der Waals surface area contributed by atoms with Gasteiger partial charge in [0.1, 0.15) is 5.75 Å². The minimum Gasteiger partial charge on any atom is -0.496 e. The fraction of sp³-hybridized carbons (Fsp3) is 0.400. The third-order valence-electron chi connectivity index (χ3n) is 3.94. The van der Waals surface area contributed by atoms with Crippen molar-refractivity contribution in [1.29, 1.82) is 0 Å². The van der Waals surface area contributed by atoms with Crippen LogP contribution in [0, 0.1) is 5.92 Å². The first-order valence-electron chi connectivity index (χ1n) is 6.90. The van der Waals surface area contributed by atoms with Crippen LogP contribution < -0.4 is 4.74 Å². The second-order valence-electron chi connectivity index (χ2n) is 5.14. The first-order chi connectivity index (χ1) is 10.2. The van der Waals surface area contributed by atoms with Crippen LogP contribution in [0.25, 0.3) is 11.4 Å². The minimum absolute atomic E-state index is 0.196. The van der Waals surface area contributed by atoms with Gasteiger partial charge in [-0.2, -0.15) is 4.98 Å². The van der Waals surface area contributed by atoms with Crippen molar-refractivity contribution in [3.63, 3.8) is 0 Å². The van der Waals surface area contributed by atoms with Crippen molar-refractivity contribution in [2.45, 2.75) is 25.2 Å². The van der Waals surface area contributed by atoms with Crippen LogP contribution in [0.3, 0.4) is 0 Å². The van der Waals surface area contributed by atoms with Crippen molar-refractivity contribution in [1.82, 2.24) is 10.1 Å². The van der Waals surface area contributed by atoms with Gasteiger partial charge in [-0.15, -0.1) is 0 Å². The van der Waals surface area contributed by atoms with Gasteiger partial charge in [0, 0.05) is 0 Å². The SMILES string of the molecule is COc1ccccc1-c1noc(C2CCCC2C(=O)O)n1. The summed E-state index contributed by atoms with van der Waals surface area (Å²) in [6.45, 7) is 0. The Morgan fingerprint density at radius 2 is 2.19 bits per heavy atom. The Kier molecular flexibility index (Phi) is 3.60. The summed E-state index contributed by atoms with van der Waals surface area (Å²) in [5.41, 5.74) is 0.736. The van der Waals surface area contributed by atoms with Crippen LogP contribution in [0.1, 0.15) is 31.1 Å². The lowest BCUT2D eigenvalue weighted by Gasteiger charge is -2.10.